The molecule has 8 nitrogen and oxygen atoms in total. The average Bonchev–Trinajstić information content (AvgIpc) is 3.60. The van der Waals surface area contributed by atoms with Gasteiger partial charge in [0, 0.05) is 49.0 Å². The van der Waals surface area contributed by atoms with E-state index in [1.54, 1.807) is 12.1 Å². The van der Waals surface area contributed by atoms with Crippen LogP contribution < -0.4 is 16.0 Å². The Hall–Kier alpha value is -4.35. The summed E-state index contributed by atoms with van der Waals surface area (Å²) in [5, 5.41) is 19.7. The molecule has 4 aromatic rings. The molecule has 0 saturated heterocycles. The normalized spacial score (nSPS) is 13.6. The van der Waals surface area contributed by atoms with Crippen LogP contribution in [0.2, 0.25) is 5.02 Å². The van der Waals surface area contributed by atoms with Crippen molar-refractivity contribution in [2.45, 2.75) is 77.9 Å². The molecular formula is C35H42ClN7O. The van der Waals surface area contributed by atoms with Gasteiger partial charge in [0.15, 0.2) is 0 Å². The lowest BCUT2D eigenvalue weighted by atomic mass is 9.84. The molecule has 1 aliphatic carbocycles. The van der Waals surface area contributed by atoms with E-state index in [-0.39, 0.29) is 11.9 Å². The minimum Gasteiger partial charge on any atom is -0.367 e. The van der Waals surface area contributed by atoms with E-state index in [0.29, 0.717) is 47.8 Å². The maximum atomic E-state index is 13.1. The molecule has 230 valence electrons. The second kappa shape index (κ2) is 17.1. The van der Waals surface area contributed by atoms with Crippen molar-refractivity contribution >= 4 is 29.3 Å². The van der Waals surface area contributed by atoms with E-state index in [1.807, 2.05) is 85.4 Å². The number of rotatable bonds is 12. The summed E-state index contributed by atoms with van der Waals surface area (Å²) in [6.07, 6.45) is 11.3. The Morgan fingerprint density at radius 3 is 2.43 bits per heavy atom. The van der Waals surface area contributed by atoms with Gasteiger partial charge in [-0.05, 0) is 59.9 Å². The van der Waals surface area contributed by atoms with Crippen molar-refractivity contribution in [2.24, 2.45) is 5.92 Å². The Labute approximate surface area is 265 Å². The second-order valence-corrected chi connectivity index (χ2v) is 11.3. The molecular weight excluding hydrogens is 570 g/mol. The number of nitrogens with zero attached hydrogens (tertiary/aromatic N) is 4. The molecule has 1 saturated carbocycles. The zero-order valence-electron chi connectivity index (χ0n) is 25.6. The van der Waals surface area contributed by atoms with E-state index >= 15 is 0 Å². The number of anilines is 2. The summed E-state index contributed by atoms with van der Waals surface area (Å²) in [5.74, 6) is 2.45. The summed E-state index contributed by atoms with van der Waals surface area (Å²) in [5.41, 5.74) is 2.59. The predicted molar refractivity (Wildman–Crippen MR) is 178 cm³/mol. The lowest BCUT2D eigenvalue weighted by Crippen LogP contribution is -2.33. The highest BCUT2D eigenvalue weighted by molar-refractivity contribution is 6.30. The number of carbonyl (C=O) groups excluding carboxylic acids is 1. The number of halogens is 1. The van der Waals surface area contributed by atoms with Crippen LogP contribution in [-0.2, 0) is 17.9 Å². The van der Waals surface area contributed by atoms with Gasteiger partial charge in [0.2, 0.25) is 11.9 Å². The minimum atomic E-state index is -0.0812. The fourth-order valence-corrected chi connectivity index (χ4v) is 5.67. The Bertz CT molecular complexity index is 1490. The number of carbonyl (C=O) groups is 1. The maximum absolute atomic E-state index is 13.1. The summed E-state index contributed by atoms with van der Waals surface area (Å²) in [4.78, 5) is 22.7. The fourth-order valence-electron chi connectivity index (χ4n) is 5.46. The van der Waals surface area contributed by atoms with Crippen LogP contribution in [0.25, 0.3) is 5.82 Å². The van der Waals surface area contributed by atoms with Gasteiger partial charge in [0.25, 0.3) is 0 Å². The Morgan fingerprint density at radius 2 is 1.73 bits per heavy atom. The van der Waals surface area contributed by atoms with E-state index in [2.05, 4.69) is 22.0 Å². The first kappa shape index (κ1) is 32.6. The van der Waals surface area contributed by atoms with Gasteiger partial charge in [-0.1, -0.05) is 81.8 Å². The van der Waals surface area contributed by atoms with E-state index in [1.165, 1.54) is 32.1 Å². The van der Waals surface area contributed by atoms with Gasteiger partial charge in [-0.15, -0.1) is 0 Å². The van der Waals surface area contributed by atoms with Crippen LogP contribution >= 0.6 is 11.6 Å². The van der Waals surface area contributed by atoms with Crippen molar-refractivity contribution in [1.29, 1.82) is 5.26 Å². The third kappa shape index (κ3) is 10.1. The van der Waals surface area contributed by atoms with Gasteiger partial charge in [0.05, 0.1) is 11.6 Å². The molecule has 2 aromatic carbocycles. The van der Waals surface area contributed by atoms with Gasteiger partial charge in [-0.3, -0.25) is 4.79 Å². The number of amides is 1. The highest BCUT2D eigenvalue weighted by Crippen LogP contribution is 2.29. The first-order chi connectivity index (χ1) is 21.5. The van der Waals surface area contributed by atoms with Gasteiger partial charge in [-0.25, -0.2) is 0 Å². The molecule has 0 aliphatic heterocycles. The average molecular weight is 612 g/mol. The first-order valence-electron chi connectivity index (χ1n) is 15.6. The summed E-state index contributed by atoms with van der Waals surface area (Å²) in [6.45, 7) is 4.95. The molecule has 1 aliphatic rings. The van der Waals surface area contributed by atoms with Crippen molar-refractivity contribution < 1.29 is 4.79 Å². The van der Waals surface area contributed by atoms with Crippen molar-refractivity contribution in [3.63, 3.8) is 0 Å². The van der Waals surface area contributed by atoms with E-state index in [0.717, 1.165) is 23.4 Å². The highest BCUT2D eigenvalue weighted by Gasteiger charge is 2.22. The van der Waals surface area contributed by atoms with Crippen LogP contribution in [0.15, 0.2) is 79.1 Å². The molecule has 9 heteroatoms. The first-order valence-corrected chi connectivity index (χ1v) is 15.9. The van der Waals surface area contributed by atoms with Crippen LogP contribution in [0, 0.1) is 17.2 Å². The van der Waals surface area contributed by atoms with Crippen LogP contribution in [0.5, 0.6) is 0 Å². The topological polar surface area (TPSA) is 108 Å². The Kier molecular flexibility index (Phi) is 12.6. The largest absolute Gasteiger partial charge is 0.367 e. The number of hydrogen-bond acceptors (Lipinski definition) is 6. The lowest BCUT2D eigenvalue weighted by Gasteiger charge is -2.27. The van der Waals surface area contributed by atoms with Crippen molar-refractivity contribution in [3.8, 4) is 11.9 Å². The zero-order chi connectivity index (χ0) is 31.1. The molecule has 0 bridgehead atoms. The van der Waals surface area contributed by atoms with E-state index in [9.17, 15) is 4.79 Å². The van der Waals surface area contributed by atoms with E-state index in [4.69, 9.17) is 26.8 Å². The van der Waals surface area contributed by atoms with Crippen molar-refractivity contribution in [3.05, 3.63) is 101 Å². The third-order valence-corrected chi connectivity index (χ3v) is 7.86. The quantitative estimate of drug-likeness (QED) is 0.150. The fraction of sp³-hybridized carbons (Fsp3) is 0.371. The summed E-state index contributed by atoms with van der Waals surface area (Å²) >= 11 is 6.18. The SMILES string of the molecule is CC.N#Cc1ccc(CNC(=O)C[C@@H](CC2CCCCC2)Nc2cc(-n3cccc3)nc(NCc3cccc(Cl)c3)n2)cc1. The van der Waals surface area contributed by atoms with Gasteiger partial charge in [-0.2, -0.15) is 15.2 Å². The zero-order valence-corrected chi connectivity index (χ0v) is 26.4. The molecule has 44 heavy (non-hydrogen) atoms. The molecule has 0 unspecified atom stereocenters. The summed E-state index contributed by atoms with van der Waals surface area (Å²) in [7, 11) is 0. The van der Waals surface area contributed by atoms with Crippen LogP contribution in [0.3, 0.4) is 0 Å². The number of benzene rings is 2. The number of nitriles is 1. The Morgan fingerprint density at radius 1 is 0.977 bits per heavy atom. The maximum Gasteiger partial charge on any atom is 0.226 e. The number of nitrogens with one attached hydrogen (secondary N) is 3. The smallest absolute Gasteiger partial charge is 0.226 e. The molecule has 1 atom stereocenters. The number of aromatic nitrogens is 3. The molecule has 0 spiro atoms. The van der Waals surface area contributed by atoms with Crippen molar-refractivity contribution in [2.75, 3.05) is 10.6 Å². The predicted octanol–water partition coefficient (Wildman–Crippen LogP) is 7.89. The van der Waals surface area contributed by atoms with Crippen molar-refractivity contribution in [1.82, 2.24) is 19.9 Å². The van der Waals surface area contributed by atoms with Crippen LogP contribution in [0.4, 0.5) is 11.8 Å². The summed E-state index contributed by atoms with van der Waals surface area (Å²) < 4.78 is 1.94. The van der Waals surface area contributed by atoms with Crippen LogP contribution in [0.1, 0.15) is 75.5 Å². The number of hydrogen-bond donors (Lipinski definition) is 3. The monoisotopic (exact) mass is 611 g/mol. The second-order valence-electron chi connectivity index (χ2n) is 10.9. The molecule has 2 heterocycles. The van der Waals surface area contributed by atoms with E-state index < -0.39 is 0 Å². The standard InChI is InChI=1S/C33H36ClN7O.C2H6/c34-28-10-6-9-27(17-28)23-37-33-39-30(20-31(40-33)41-15-4-5-16-41)38-29(18-24-7-2-1-3-8-24)19-32(42)36-22-26-13-11-25(21-35)12-14-26;1-2/h4-6,9-17,20,24,29H,1-3,7-8,18-19,22-23H2,(H,36,42)(H2,37,38,39,40);1-2H3/t29-;/m1./s1. The molecule has 1 fully saturated rings. The summed E-state index contributed by atoms with van der Waals surface area (Å²) in [6, 6.07) is 22.9. The van der Waals surface area contributed by atoms with Gasteiger partial charge >= 0.3 is 0 Å². The van der Waals surface area contributed by atoms with Crippen LogP contribution in [-0.4, -0.2) is 26.5 Å². The minimum absolute atomic E-state index is 0.0216. The highest BCUT2D eigenvalue weighted by atomic mass is 35.5. The molecule has 3 N–H and O–H groups in total. The molecule has 0 radical (unpaired) electrons. The van der Waals surface area contributed by atoms with Gasteiger partial charge < -0.3 is 20.5 Å². The third-order valence-electron chi connectivity index (χ3n) is 7.62. The Balaban J connectivity index is 0.00000216. The molecule has 5 rings (SSSR count). The lowest BCUT2D eigenvalue weighted by molar-refractivity contribution is -0.121. The molecule has 1 amide bonds. The molecule has 2 aromatic heterocycles. The van der Waals surface area contributed by atoms with Gasteiger partial charge in [0.1, 0.15) is 11.6 Å².